The van der Waals surface area contributed by atoms with Crippen molar-refractivity contribution < 1.29 is 15.1 Å². The molecule has 0 fully saturated rings. The number of rotatable bonds is 5. The monoisotopic (exact) mass is 277 g/mol. The molecule has 0 aliphatic carbocycles. The molecule has 0 radical (unpaired) electrons. The minimum atomic E-state index is -0.646. The van der Waals surface area contributed by atoms with Crippen molar-refractivity contribution in [1.82, 2.24) is 0 Å². The van der Waals surface area contributed by atoms with Crippen LogP contribution in [-0.2, 0) is 4.79 Å². The van der Waals surface area contributed by atoms with Crippen molar-refractivity contribution in [3.8, 4) is 0 Å². The number of hydrogen-bond acceptors (Lipinski definition) is 5. The van der Waals surface area contributed by atoms with Crippen LogP contribution in [0, 0.1) is 15.5 Å². The molecule has 1 amide bonds. The molecule has 0 atom stereocenters. The minimum Gasteiger partial charge on any atom is -0.393 e. The van der Waals surface area contributed by atoms with Crippen LogP contribution < -0.4 is 22.2 Å². The third-order valence-electron chi connectivity index (χ3n) is 2.21. The van der Waals surface area contributed by atoms with E-state index in [0.717, 1.165) is 6.08 Å². The van der Waals surface area contributed by atoms with E-state index in [1.165, 1.54) is 24.3 Å². The first-order valence-corrected chi connectivity index (χ1v) is 5.31. The fourth-order valence-electron chi connectivity index (χ4n) is 1.25. The number of anilines is 1. The molecular weight excluding hydrogens is 264 g/mol. The summed E-state index contributed by atoms with van der Waals surface area (Å²) in [6.45, 7) is 0. The largest absolute Gasteiger partial charge is 0.393 e. The van der Waals surface area contributed by atoms with Crippen LogP contribution in [0.1, 0.15) is 0 Å². The lowest BCUT2D eigenvalue weighted by Gasteiger charge is -2.02. The van der Waals surface area contributed by atoms with Gasteiger partial charge in [-0.1, -0.05) is 6.07 Å². The first-order valence-electron chi connectivity index (χ1n) is 5.31. The summed E-state index contributed by atoms with van der Waals surface area (Å²) in [7, 11) is 0. The van der Waals surface area contributed by atoms with Gasteiger partial charge in [0.1, 0.15) is 5.70 Å². The van der Waals surface area contributed by atoms with Gasteiger partial charge in [-0.05, 0) is 6.07 Å². The predicted molar refractivity (Wildman–Crippen MR) is 72.8 cm³/mol. The summed E-state index contributed by atoms with van der Waals surface area (Å²) >= 11 is 0. The van der Waals surface area contributed by atoms with Gasteiger partial charge in [0, 0.05) is 23.9 Å². The Hall–Kier alpha value is -3.23. The van der Waals surface area contributed by atoms with Crippen molar-refractivity contribution in [2.75, 3.05) is 5.32 Å². The number of hydrogen-bond donors (Lipinski definition) is 5. The van der Waals surface area contributed by atoms with E-state index in [0.29, 0.717) is 0 Å². The Labute approximate surface area is 113 Å². The molecule has 0 heterocycles. The summed E-state index contributed by atoms with van der Waals surface area (Å²) in [5.41, 5.74) is 10.3. The fourth-order valence-corrected chi connectivity index (χ4v) is 1.25. The van der Waals surface area contributed by atoms with Crippen LogP contribution in [0.25, 0.3) is 0 Å². The lowest BCUT2D eigenvalue weighted by atomic mass is 10.2. The van der Waals surface area contributed by atoms with Crippen LogP contribution in [-0.4, -0.2) is 22.4 Å². The molecule has 0 saturated heterocycles. The number of amidine groups is 1. The Bertz CT molecular complexity index is 622. The van der Waals surface area contributed by atoms with Gasteiger partial charge in [-0.3, -0.25) is 20.3 Å². The van der Waals surface area contributed by atoms with E-state index >= 15 is 0 Å². The minimum absolute atomic E-state index is 0.158. The highest BCUT2D eigenvalue weighted by atomic mass is 16.6. The predicted octanol–water partition coefficient (Wildman–Crippen LogP) is -1.49. The van der Waals surface area contributed by atoms with E-state index in [9.17, 15) is 14.9 Å². The molecule has 0 spiro atoms. The van der Waals surface area contributed by atoms with Gasteiger partial charge in [0.25, 0.3) is 17.3 Å². The van der Waals surface area contributed by atoms with E-state index in [4.69, 9.17) is 22.3 Å². The zero-order valence-electron chi connectivity index (χ0n) is 10.3. The van der Waals surface area contributed by atoms with Gasteiger partial charge in [-0.2, -0.15) is 0 Å². The molecule has 20 heavy (non-hydrogen) atoms. The highest BCUT2D eigenvalue weighted by Crippen LogP contribution is 2.16. The number of non-ortho nitro benzene ring substituents is 1. The molecule has 1 aromatic rings. The molecule has 8 N–H and O–H groups in total. The highest BCUT2D eigenvalue weighted by Gasteiger charge is 2.13. The molecule has 0 aliphatic rings. The number of carbonyl (C=O) groups is 1. The van der Waals surface area contributed by atoms with Crippen LogP contribution in [0.4, 0.5) is 11.4 Å². The van der Waals surface area contributed by atoms with Gasteiger partial charge < -0.3 is 16.8 Å². The van der Waals surface area contributed by atoms with Crippen LogP contribution in [0.5, 0.6) is 0 Å². The lowest BCUT2D eigenvalue weighted by molar-refractivity contribution is -0.384. The van der Waals surface area contributed by atoms with E-state index in [-0.39, 0.29) is 22.8 Å². The smallest absolute Gasteiger partial charge is 0.271 e. The highest BCUT2D eigenvalue weighted by molar-refractivity contribution is 6.43. The number of nitrogens with one attached hydrogen (secondary N) is 2. The number of nitro benzene ring substituents is 1. The van der Waals surface area contributed by atoms with E-state index in [2.05, 4.69) is 5.32 Å². The molecule has 1 rings (SSSR count). The molecule has 0 aliphatic heterocycles. The number of carbonyl (C=O) groups excluding carboxylic acids is 1. The average Bonchev–Trinajstić information content (AvgIpc) is 2.37. The van der Waals surface area contributed by atoms with Gasteiger partial charge in [0.05, 0.1) is 4.92 Å². The summed E-state index contributed by atoms with van der Waals surface area (Å²) < 4.78 is 0. The van der Waals surface area contributed by atoms with Crippen molar-refractivity contribution in [3.63, 3.8) is 0 Å². The number of amides is 1. The summed E-state index contributed by atoms with van der Waals surface area (Å²) in [5, 5.41) is 25.4. The summed E-state index contributed by atoms with van der Waals surface area (Å²) in [6, 6.07) is 5.39. The molecule has 0 bridgehead atoms. The normalized spacial score (nSPS) is 10.7. The molecule has 9 heteroatoms. The fraction of sp³-hybridized carbons (Fsp3) is 0. The average molecular weight is 277 g/mol. The maximum absolute atomic E-state index is 11.6. The number of nitrogens with zero attached hydrogens (tertiary/aromatic N) is 1. The molecular formula is C11H13N6O3+. The maximum Gasteiger partial charge on any atom is 0.271 e. The number of nitro groups is 1. The Morgan fingerprint density at radius 3 is 2.65 bits per heavy atom. The van der Waals surface area contributed by atoms with Crippen molar-refractivity contribution in [3.05, 3.63) is 46.2 Å². The van der Waals surface area contributed by atoms with Gasteiger partial charge in [0.2, 0.25) is 0 Å². The summed E-state index contributed by atoms with van der Waals surface area (Å²) in [6.07, 6.45) is 0.940. The molecule has 104 valence electrons. The summed E-state index contributed by atoms with van der Waals surface area (Å²) in [5.74, 6) is -1.10. The standard InChI is InChI=1S/C11H12N6O3/c12-8(10(13)11(14)15)5-9(18)16-6-2-1-3-7(4-6)17(19)20/h1-5,13H,12H2,(H3,14,15)(H,16,18)/p+1/b8-5+,13-10?. The molecule has 0 saturated carbocycles. The first-order chi connectivity index (χ1) is 9.31. The lowest BCUT2D eigenvalue weighted by Crippen LogP contribution is -2.50. The Morgan fingerprint density at radius 2 is 2.10 bits per heavy atom. The Kier molecular flexibility index (Phi) is 4.51. The van der Waals surface area contributed by atoms with Crippen molar-refractivity contribution in [2.45, 2.75) is 0 Å². The van der Waals surface area contributed by atoms with Crippen molar-refractivity contribution in [1.29, 1.82) is 5.41 Å². The van der Waals surface area contributed by atoms with Crippen LogP contribution in [0.2, 0.25) is 0 Å². The topological polar surface area (TPSA) is 174 Å². The van der Waals surface area contributed by atoms with Crippen LogP contribution in [0.3, 0.4) is 0 Å². The molecule has 0 unspecified atom stereocenters. The van der Waals surface area contributed by atoms with Gasteiger partial charge >= 0.3 is 0 Å². The Morgan fingerprint density at radius 1 is 1.45 bits per heavy atom. The van der Waals surface area contributed by atoms with Crippen LogP contribution >= 0.6 is 0 Å². The SMILES string of the molecule is N=C(N)C(=[NH2+])/C(N)=C\C(=O)Nc1cccc([N+](=O)[O-])c1. The second-order valence-electron chi connectivity index (χ2n) is 3.72. The van der Waals surface area contributed by atoms with E-state index in [1.54, 1.807) is 0 Å². The van der Waals surface area contributed by atoms with Gasteiger partial charge in [-0.25, -0.2) is 5.41 Å². The van der Waals surface area contributed by atoms with E-state index in [1.807, 2.05) is 0 Å². The summed E-state index contributed by atoms with van der Waals surface area (Å²) in [4.78, 5) is 21.6. The third kappa shape index (κ3) is 3.91. The second-order valence-corrected chi connectivity index (χ2v) is 3.72. The quantitative estimate of drug-likeness (QED) is 0.145. The number of nitrogens with two attached hydrogens (primary N) is 3. The maximum atomic E-state index is 11.6. The molecule has 0 aromatic heterocycles. The van der Waals surface area contributed by atoms with Gasteiger partial charge in [-0.15, -0.1) is 0 Å². The van der Waals surface area contributed by atoms with E-state index < -0.39 is 16.7 Å². The van der Waals surface area contributed by atoms with Crippen LogP contribution in [0.15, 0.2) is 36.0 Å². The molecule has 1 aromatic carbocycles. The zero-order chi connectivity index (χ0) is 15.3. The van der Waals surface area contributed by atoms with Crippen molar-refractivity contribution >= 4 is 28.8 Å². The van der Waals surface area contributed by atoms with Crippen molar-refractivity contribution in [2.24, 2.45) is 11.5 Å². The molecule has 9 nitrogen and oxygen atoms in total. The zero-order valence-corrected chi connectivity index (χ0v) is 10.3. The second kappa shape index (κ2) is 6.09. The first kappa shape index (κ1) is 14.8. The van der Waals surface area contributed by atoms with Gasteiger partial charge in [0.15, 0.2) is 5.84 Å². The third-order valence-corrected chi connectivity index (χ3v) is 2.21. The Balaban J connectivity index is 2.84. The number of benzene rings is 1.